The predicted molar refractivity (Wildman–Crippen MR) is 94.4 cm³/mol. The number of para-hydroxylation sites is 2. The van der Waals surface area contributed by atoms with Crippen molar-refractivity contribution >= 4 is 23.0 Å². The van der Waals surface area contributed by atoms with Crippen molar-refractivity contribution < 1.29 is 14.7 Å². The molecule has 1 atom stereocenters. The molecule has 0 saturated carbocycles. The fourth-order valence-corrected chi connectivity index (χ4v) is 3.50. The van der Waals surface area contributed by atoms with E-state index in [1.807, 2.05) is 23.1 Å². The molecule has 1 saturated heterocycles. The molecule has 1 aromatic heterocycles. The van der Waals surface area contributed by atoms with Crippen molar-refractivity contribution in [2.45, 2.75) is 45.2 Å². The fourth-order valence-electron chi connectivity index (χ4n) is 3.50. The highest BCUT2D eigenvalue weighted by Gasteiger charge is 2.33. The van der Waals surface area contributed by atoms with Gasteiger partial charge in [0, 0.05) is 26.1 Å². The first-order chi connectivity index (χ1) is 12.1. The number of carboxylic acids is 1. The van der Waals surface area contributed by atoms with Crippen LogP contribution in [0, 0.1) is 0 Å². The second-order valence-electron chi connectivity index (χ2n) is 6.28. The highest BCUT2D eigenvalue weighted by atomic mass is 16.4. The number of carboxylic acid groups (broad SMARTS) is 1. The Labute approximate surface area is 146 Å². The molecule has 1 aliphatic heterocycles. The molecule has 2 aromatic rings. The van der Waals surface area contributed by atoms with Gasteiger partial charge >= 0.3 is 12.0 Å². The lowest BCUT2D eigenvalue weighted by molar-refractivity contribution is -0.137. The minimum absolute atomic E-state index is 0.0353. The lowest BCUT2D eigenvalue weighted by Gasteiger charge is -2.25. The van der Waals surface area contributed by atoms with E-state index in [0.29, 0.717) is 19.5 Å². The number of nitrogens with one attached hydrogen (secondary N) is 1. The quantitative estimate of drug-likeness (QED) is 0.789. The molecule has 25 heavy (non-hydrogen) atoms. The van der Waals surface area contributed by atoms with Crippen molar-refractivity contribution in [3.05, 3.63) is 30.1 Å². The number of carbonyl (C=O) groups excluding carboxylic acids is 1. The van der Waals surface area contributed by atoms with Crippen molar-refractivity contribution in [2.75, 3.05) is 13.1 Å². The first-order valence-corrected chi connectivity index (χ1v) is 8.83. The Bertz CT molecular complexity index is 771. The highest BCUT2D eigenvalue weighted by molar-refractivity contribution is 5.77. The third kappa shape index (κ3) is 3.60. The molecule has 0 spiro atoms. The summed E-state index contributed by atoms with van der Waals surface area (Å²) in [5.41, 5.74) is 2.04. The second-order valence-corrected chi connectivity index (χ2v) is 6.28. The number of nitrogens with zero attached hydrogens (tertiary/aromatic N) is 3. The first kappa shape index (κ1) is 17.3. The molecule has 1 aliphatic rings. The SMILES string of the molecule is CCn1c(C2CCCN2C(=O)NCCCC(=O)O)nc2ccccc21. The Morgan fingerprint density at radius 1 is 1.36 bits per heavy atom. The van der Waals surface area contributed by atoms with Crippen LogP contribution in [-0.4, -0.2) is 44.6 Å². The van der Waals surface area contributed by atoms with Gasteiger partial charge in [-0.3, -0.25) is 4.79 Å². The highest BCUT2D eigenvalue weighted by Crippen LogP contribution is 2.33. The molecule has 1 unspecified atom stereocenters. The van der Waals surface area contributed by atoms with E-state index in [4.69, 9.17) is 10.1 Å². The maximum absolute atomic E-state index is 12.5. The van der Waals surface area contributed by atoms with Gasteiger partial charge in [0.1, 0.15) is 5.82 Å². The Kier molecular flexibility index (Phi) is 5.21. The average Bonchev–Trinajstić information content (AvgIpc) is 3.21. The van der Waals surface area contributed by atoms with E-state index in [9.17, 15) is 9.59 Å². The molecule has 3 rings (SSSR count). The van der Waals surface area contributed by atoms with Gasteiger partial charge in [0.05, 0.1) is 17.1 Å². The summed E-state index contributed by atoms with van der Waals surface area (Å²) in [6.07, 6.45) is 2.34. The standard InChI is InChI=1S/C18H24N4O3/c1-2-21-14-8-4-3-7-13(14)20-17(21)15-9-6-12-22(15)18(25)19-11-5-10-16(23)24/h3-4,7-8,15H,2,5-6,9-12H2,1H3,(H,19,25)(H,23,24). The summed E-state index contributed by atoms with van der Waals surface area (Å²) < 4.78 is 2.18. The number of hydrogen-bond acceptors (Lipinski definition) is 3. The van der Waals surface area contributed by atoms with Crippen molar-refractivity contribution in [1.82, 2.24) is 19.8 Å². The molecular weight excluding hydrogens is 320 g/mol. The molecule has 0 radical (unpaired) electrons. The number of aromatic nitrogens is 2. The smallest absolute Gasteiger partial charge is 0.318 e. The number of aryl methyl sites for hydroxylation is 1. The molecule has 2 amide bonds. The van der Waals surface area contributed by atoms with Gasteiger partial charge in [0.15, 0.2) is 0 Å². The van der Waals surface area contributed by atoms with Crippen LogP contribution in [0.5, 0.6) is 0 Å². The maximum Gasteiger partial charge on any atom is 0.318 e. The van der Waals surface area contributed by atoms with E-state index in [1.165, 1.54) is 0 Å². The predicted octanol–water partition coefficient (Wildman–Crippen LogP) is 2.77. The lowest BCUT2D eigenvalue weighted by Crippen LogP contribution is -2.40. The second kappa shape index (κ2) is 7.55. The number of hydrogen-bond donors (Lipinski definition) is 2. The summed E-state index contributed by atoms with van der Waals surface area (Å²) in [6, 6.07) is 7.86. The van der Waals surface area contributed by atoms with Crippen molar-refractivity contribution in [3.8, 4) is 0 Å². The van der Waals surface area contributed by atoms with E-state index in [1.54, 1.807) is 0 Å². The Morgan fingerprint density at radius 3 is 2.92 bits per heavy atom. The zero-order valence-corrected chi connectivity index (χ0v) is 14.4. The number of carbonyl (C=O) groups is 2. The molecule has 2 heterocycles. The van der Waals surface area contributed by atoms with Crippen LogP contribution in [0.2, 0.25) is 0 Å². The normalized spacial score (nSPS) is 17.2. The number of likely N-dealkylation sites (tertiary alicyclic amines) is 1. The van der Waals surface area contributed by atoms with Gasteiger partial charge in [-0.15, -0.1) is 0 Å². The van der Waals surface area contributed by atoms with Crippen LogP contribution in [0.15, 0.2) is 24.3 Å². The summed E-state index contributed by atoms with van der Waals surface area (Å²) in [7, 11) is 0. The minimum atomic E-state index is -0.843. The van der Waals surface area contributed by atoms with Crippen LogP contribution in [0.3, 0.4) is 0 Å². The van der Waals surface area contributed by atoms with Gasteiger partial charge in [0.25, 0.3) is 0 Å². The molecule has 0 bridgehead atoms. The fraction of sp³-hybridized carbons (Fsp3) is 0.500. The Balaban J connectivity index is 1.75. The van der Waals surface area contributed by atoms with Crippen LogP contribution >= 0.6 is 0 Å². The van der Waals surface area contributed by atoms with E-state index in [2.05, 4.69) is 22.9 Å². The van der Waals surface area contributed by atoms with Crippen LogP contribution in [0.4, 0.5) is 4.79 Å². The monoisotopic (exact) mass is 344 g/mol. The summed E-state index contributed by atoms with van der Waals surface area (Å²) in [5.74, 6) is 0.0897. The number of amides is 2. The number of urea groups is 1. The van der Waals surface area contributed by atoms with Crippen molar-refractivity contribution in [2.24, 2.45) is 0 Å². The molecule has 1 fully saturated rings. The molecule has 7 heteroatoms. The summed E-state index contributed by atoms with van der Waals surface area (Å²) in [4.78, 5) is 29.7. The third-order valence-corrected chi connectivity index (χ3v) is 4.66. The van der Waals surface area contributed by atoms with Gasteiger partial charge in [-0.05, 0) is 38.3 Å². The number of aliphatic carboxylic acids is 1. The van der Waals surface area contributed by atoms with Gasteiger partial charge in [-0.1, -0.05) is 12.1 Å². The number of imidazole rings is 1. The van der Waals surface area contributed by atoms with Crippen LogP contribution in [-0.2, 0) is 11.3 Å². The summed E-state index contributed by atoms with van der Waals surface area (Å²) in [6.45, 7) is 3.96. The van der Waals surface area contributed by atoms with E-state index in [0.717, 1.165) is 36.2 Å². The molecule has 0 aliphatic carbocycles. The van der Waals surface area contributed by atoms with E-state index in [-0.39, 0.29) is 18.5 Å². The van der Waals surface area contributed by atoms with Crippen LogP contribution < -0.4 is 5.32 Å². The summed E-state index contributed by atoms with van der Waals surface area (Å²) >= 11 is 0. The largest absolute Gasteiger partial charge is 0.481 e. The first-order valence-electron chi connectivity index (χ1n) is 8.83. The lowest BCUT2D eigenvalue weighted by atomic mass is 10.2. The Morgan fingerprint density at radius 2 is 2.16 bits per heavy atom. The maximum atomic E-state index is 12.5. The van der Waals surface area contributed by atoms with Gasteiger partial charge < -0.3 is 19.9 Å². The number of fused-ring (bicyclic) bond motifs is 1. The van der Waals surface area contributed by atoms with Crippen LogP contribution in [0.1, 0.15) is 44.5 Å². The summed E-state index contributed by atoms with van der Waals surface area (Å²) in [5, 5.41) is 11.5. The van der Waals surface area contributed by atoms with Gasteiger partial charge in [-0.25, -0.2) is 9.78 Å². The van der Waals surface area contributed by atoms with Crippen molar-refractivity contribution in [1.29, 1.82) is 0 Å². The van der Waals surface area contributed by atoms with E-state index >= 15 is 0 Å². The zero-order chi connectivity index (χ0) is 17.8. The molecular formula is C18H24N4O3. The molecule has 134 valence electrons. The number of rotatable bonds is 6. The Hall–Kier alpha value is -2.57. The average molecular weight is 344 g/mol. The minimum Gasteiger partial charge on any atom is -0.481 e. The van der Waals surface area contributed by atoms with Gasteiger partial charge in [0.2, 0.25) is 0 Å². The van der Waals surface area contributed by atoms with Crippen LogP contribution in [0.25, 0.3) is 11.0 Å². The molecule has 1 aromatic carbocycles. The zero-order valence-electron chi connectivity index (χ0n) is 14.4. The topological polar surface area (TPSA) is 87.5 Å². The van der Waals surface area contributed by atoms with E-state index < -0.39 is 5.97 Å². The third-order valence-electron chi connectivity index (χ3n) is 4.66. The molecule has 7 nitrogen and oxygen atoms in total. The molecule has 2 N–H and O–H groups in total. The van der Waals surface area contributed by atoms with Crippen molar-refractivity contribution in [3.63, 3.8) is 0 Å². The number of benzene rings is 1. The van der Waals surface area contributed by atoms with Gasteiger partial charge in [-0.2, -0.15) is 0 Å².